The van der Waals surface area contributed by atoms with Gasteiger partial charge in [-0.05, 0) is 48.9 Å². The van der Waals surface area contributed by atoms with Gasteiger partial charge in [0, 0.05) is 33.9 Å². The van der Waals surface area contributed by atoms with E-state index in [1.165, 1.54) is 11.3 Å². The predicted octanol–water partition coefficient (Wildman–Crippen LogP) is 4.34. The molecule has 0 aliphatic heterocycles. The minimum absolute atomic E-state index is 0.00630. The number of thiophene rings is 2. The van der Waals surface area contributed by atoms with E-state index >= 15 is 0 Å². The molecule has 0 radical (unpaired) electrons. The molecular formula is C23H22N4O3S2. The minimum Gasteiger partial charge on any atom is -0.465 e. The van der Waals surface area contributed by atoms with Crippen molar-refractivity contribution in [3.05, 3.63) is 57.3 Å². The van der Waals surface area contributed by atoms with Gasteiger partial charge in [-0.2, -0.15) is 0 Å². The molecule has 1 aliphatic carbocycles. The van der Waals surface area contributed by atoms with Gasteiger partial charge < -0.3 is 21.2 Å². The van der Waals surface area contributed by atoms with Gasteiger partial charge in [0.15, 0.2) is 0 Å². The number of nitrogens with two attached hydrogens (primary N) is 2. The molecule has 0 fully saturated rings. The summed E-state index contributed by atoms with van der Waals surface area (Å²) in [4.78, 5) is 31.5. The zero-order valence-electron chi connectivity index (χ0n) is 17.4. The third-order valence-electron chi connectivity index (χ3n) is 5.82. The van der Waals surface area contributed by atoms with Gasteiger partial charge in [0.05, 0.1) is 12.2 Å². The Morgan fingerprint density at radius 2 is 2.16 bits per heavy atom. The van der Waals surface area contributed by atoms with Crippen molar-refractivity contribution in [3.8, 4) is 10.4 Å². The van der Waals surface area contributed by atoms with E-state index < -0.39 is 5.91 Å². The van der Waals surface area contributed by atoms with Crippen molar-refractivity contribution in [2.24, 2.45) is 5.73 Å². The average Bonchev–Trinajstić information content (AvgIpc) is 3.54. The maximum atomic E-state index is 12.7. The lowest BCUT2D eigenvalue weighted by Crippen LogP contribution is -2.24. The van der Waals surface area contributed by atoms with Crippen LogP contribution in [-0.2, 0) is 17.8 Å². The summed E-state index contributed by atoms with van der Waals surface area (Å²) >= 11 is 2.84. The molecule has 9 heteroatoms. The lowest BCUT2D eigenvalue weighted by atomic mass is 9.98. The molecular weight excluding hydrogens is 444 g/mol. The number of anilines is 1. The van der Waals surface area contributed by atoms with Crippen molar-refractivity contribution in [2.45, 2.75) is 38.6 Å². The van der Waals surface area contributed by atoms with E-state index in [0.717, 1.165) is 51.4 Å². The lowest BCUT2D eigenvalue weighted by Gasteiger charge is -2.13. The number of furan rings is 1. The highest BCUT2D eigenvalue weighted by Crippen LogP contribution is 2.48. The fourth-order valence-electron chi connectivity index (χ4n) is 4.39. The molecule has 0 saturated carbocycles. The van der Waals surface area contributed by atoms with Crippen LogP contribution in [0, 0.1) is 6.92 Å². The molecule has 0 spiro atoms. The first-order chi connectivity index (χ1) is 15.4. The van der Waals surface area contributed by atoms with Crippen LogP contribution in [0.25, 0.3) is 20.7 Å². The topological polar surface area (TPSA) is 124 Å². The summed E-state index contributed by atoms with van der Waals surface area (Å²) in [5.74, 6) is 0.966. The van der Waals surface area contributed by atoms with E-state index in [-0.39, 0.29) is 11.8 Å². The number of nitrogen functional groups attached to an aromatic ring is 1. The molecule has 4 aromatic rings. The minimum atomic E-state index is -0.549. The first-order valence-electron chi connectivity index (χ1n) is 10.3. The number of carbonyl (C=O) groups excluding carboxylic acids is 2. The van der Waals surface area contributed by atoms with Gasteiger partial charge in [0.25, 0.3) is 5.91 Å². The normalized spacial score (nSPS) is 15.2. The van der Waals surface area contributed by atoms with Gasteiger partial charge in [-0.1, -0.05) is 6.07 Å². The Kier molecular flexibility index (Phi) is 5.22. The third kappa shape index (κ3) is 3.57. The zero-order chi connectivity index (χ0) is 22.4. The molecule has 32 heavy (non-hydrogen) atoms. The number of nitrogens with zero attached hydrogens (tertiary/aromatic N) is 1. The summed E-state index contributed by atoms with van der Waals surface area (Å²) in [5, 5.41) is 5.75. The van der Waals surface area contributed by atoms with E-state index in [2.05, 4.69) is 5.32 Å². The predicted molar refractivity (Wildman–Crippen MR) is 127 cm³/mol. The molecule has 0 bridgehead atoms. The van der Waals surface area contributed by atoms with Crippen molar-refractivity contribution >= 4 is 50.4 Å². The average molecular weight is 467 g/mol. The van der Waals surface area contributed by atoms with Gasteiger partial charge in [-0.3, -0.25) is 9.59 Å². The fraction of sp³-hybridized carbons (Fsp3) is 0.261. The molecule has 1 unspecified atom stereocenters. The molecule has 5 rings (SSSR count). The molecule has 1 aliphatic rings. The van der Waals surface area contributed by atoms with Crippen molar-refractivity contribution in [3.63, 3.8) is 0 Å². The van der Waals surface area contributed by atoms with Crippen molar-refractivity contribution < 1.29 is 14.0 Å². The van der Waals surface area contributed by atoms with Crippen LogP contribution in [0.1, 0.15) is 51.2 Å². The second-order valence-electron chi connectivity index (χ2n) is 7.95. The highest BCUT2D eigenvalue weighted by molar-refractivity contribution is 7.21. The molecule has 0 aromatic carbocycles. The van der Waals surface area contributed by atoms with E-state index in [1.54, 1.807) is 11.3 Å². The van der Waals surface area contributed by atoms with Crippen LogP contribution in [0.15, 0.2) is 34.1 Å². The number of pyridine rings is 1. The number of aromatic nitrogens is 1. The molecule has 7 nitrogen and oxygen atoms in total. The van der Waals surface area contributed by atoms with Crippen LogP contribution in [0.4, 0.5) is 5.69 Å². The Morgan fingerprint density at radius 3 is 2.84 bits per heavy atom. The highest BCUT2D eigenvalue weighted by atomic mass is 32.1. The summed E-state index contributed by atoms with van der Waals surface area (Å²) in [6.07, 6.45) is 1.99. The molecule has 4 heterocycles. The Morgan fingerprint density at radius 1 is 1.31 bits per heavy atom. The Bertz CT molecular complexity index is 1340. The second-order valence-corrected chi connectivity index (χ2v) is 9.89. The largest absolute Gasteiger partial charge is 0.465 e. The third-order valence-corrected chi connectivity index (χ3v) is 7.82. The molecule has 5 N–H and O–H groups in total. The van der Waals surface area contributed by atoms with Gasteiger partial charge in [0.2, 0.25) is 5.91 Å². The van der Waals surface area contributed by atoms with Gasteiger partial charge in [-0.15, -0.1) is 22.7 Å². The first-order valence-corrected chi connectivity index (χ1v) is 12.0. The number of hydrogen-bond donors (Lipinski definition) is 3. The smallest absolute Gasteiger partial charge is 0.260 e. The van der Waals surface area contributed by atoms with Crippen LogP contribution in [0.2, 0.25) is 0 Å². The maximum absolute atomic E-state index is 12.7. The van der Waals surface area contributed by atoms with Crippen molar-refractivity contribution in [2.75, 3.05) is 5.73 Å². The van der Waals surface area contributed by atoms with E-state index in [0.29, 0.717) is 28.4 Å². The summed E-state index contributed by atoms with van der Waals surface area (Å²) in [7, 11) is 0. The standard InChI is InChI=1S/C23H22N4O3S2/c1-11-4-6-13(30-11)10-26-16(28)9-12-5-7-14-17(15-3-2-8-31-15)18-19(24)21(22(25)29)32-23(18)27-20(12)14/h2-4,6,8,12H,5,7,9-10,24H2,1H3,(H2,25,29)(H,26,28). The van der Waals surface area contributed by atoms with E-state index in [9.17, 15) is 9.59 Å². The monoisotopic (exact) mass is 466 g/mol. The van der Waals surface area contributed by atoms with Crippen molar-refractivity contribution in [1.29, 1.82) is 0 Å². The number of carbonyl (C=O) groups is 2. The number of primary amides is 1. The van der Waals surface area contributed by atoms with Crippen LogP contribution in [-0.4, -0.2) is 16.8 Å². The highest BCUT2D eigenvalue weighted by Gasteiger charge is 2.32. The summed E-state index contributed by atoms with van der Waals surface area (Å²) in [5.41, 5.74) is 15.4. The Hall–Kier alpha value is -3.17. The molecule has 4 aromatic heterocycles. The molecule has 2 amide bonds. The number of rotatable bonds is 6. The van der Waals surface area contributed by atoms with Crippen LogP contribution in [0.5, 0.6) is 0 Å². The lowest BCUT2D eigenvalue weighted by molar-refractivity contribution is -0.121. The van der Waals surface area contributed by atoms with Crippen LogP contribution < -0.4 is 16.8 Å². The van der Waals surface area contributed by atoms with Gasteiger partial charge in [0.1, 0.15) is 21.2 Å². The quantitative estimate of drug-likeness (QED) is 0.390. The van der Waals surface area contributed by atoms with Gasteiger partial charge >= 0.3 is 0 Å². The van der Waals surface area contributed by atoms with Crippen molar-refractivity contribution in [1.82, 2.24) is 10.3 Å². The number of fused-ring (bicyclic) bond motifs is 2. The second kappa shape index (κ2) is 8.07. The number of hydrogen-bond acceptors (Lipinski definition) is 7. The Balaban J connectivity index is 1.49. The molecule has 0 saturated heterocycles. The SMILES string of the molecule is Cc1ccc(CNC(=O)CC2CCc3c2nc2sc(C(N)=O)c(N)c2c3-c2cccs2)o1. The van der Waals surface area contributed by atoms with Crippen LogP contribution >= 0.6 is 22.7 Å². The summed E-state index contributed by atoms with van der Waals surface area (Å²) in [6, 6.07) is 7.78. The Labute approximate surface area is 192 Å². The number of aryl methyl sites for hydroxylation is 1. The van der Waals surface area contributed by atoms with E-state index in [1.807, 2.05) is 36.6 Å². The zero-order valence-corrected chi connectivity index (χ0v) is 19.1. The van der Waals surface area contributed by atoms with Crippen LogP contribution in [0.3, 0.4) is 0 Å². The first kappa shape index (κ1) is 20.7. The summed E-state index contributed by atoms with van der Waals surface area (Å²) in [6.45, 7) is 2.24. The van der Waals surface area contributed by atoms with E-state index in [4.69, 9.17) is 20.9 Å². The van der Waals surface area contributed by atoms with Gasteiger partial charge in [-0.25, -0.2) is 4.98 Å². The fourth-order valence-corrected chi connectivity index (χ4v) is 6.16. The summed E-state index contributed by atoms with van der Waals surface area (Å²) < 4.78 is 5.52. The number of nitrogens with one attached hydrogen (secondary N) is 1. The number of amides is 2. The molecule has 164 valence electrons. The molecule has 1 atom stereocenters. The maximum Gasteiger partial charge on any atom is 0.260 e.